The van der Waals surface area contributed by atoms with Gasteiger partial charge in [0, 0.05) is 31.8 Å². The molecule has 2 aromatic rings. The minimum Gasteiger partial charge on any atom is -0.477 e. The van der Waals surface area contributed by atoms with Crippen molar-refractivity contribution in [2.75, 3.05) is 24.5 Å². The smallest absolute Gasteiger partial charge is 0.354 e. The summed E-state index contributed by atoms with van der Waals surface area (Å²) in [6, 6.07) is 7.20. The maximum absolute atomic E-state index is 13.4. The zero-order chi connectivity index (χ0) is 23.8. The molecule has 2 aliphatic rings. The summed E-state index contributed by atoms with van der Waals surface area (Å²) in [5.41, 5.74) is 1.80. The third-order valence-electron chi connectivity index (χ3n) is 6.29. The minimum absolute atomic E-state index is 0.115. The van der Waals surface area contributed by atoms with Gasteiger partial charge in [-0.1, -0.05) is 13.8 Å². The molecule has 1 aromatic heterocycles. The molecule has 3 heterocycles. The number of rotatable bonds is 6. The number of hydrogen-bond donors (Lipinski definition) is 5. The minimum atomic E-state index is -1.16. The summed E-state index contributed by atoms with van der Waals surface area (Å²) >= 11 is 0. The van der Waals surface area contributed by atoms with E-state index in [1.165, 1.54) is 18.2 Å². The second kappa shape index (κ2) is 8.78. The number of benzene rings is 1. The lowest BCUT2D eigenvalue weighted by Crippen LogP contribution is -2.72. The number of urea groups is 1. The van der Waals surface area contributed by atoms with E-state index in [9.17, 15) is 19.1 Å². The number of carbonyl (C=O) groups excluding carboxylic acids is 1. The summed E-state index contributed by atoms with van der Waals surface area (Å²) in [6.07, 6.45) is 1.39. The zero-order valence-corrected chi connectivity index (χ0v) is 18.6. The number of pyridine rings is 1. The molecule has 0 radical (unpaired) electrons. The number of aromatic nitrogens is 1. The molecular weight excluding hydrogens is 427 g/mol. The Bertz CT molecular complexity index is 1090. The second-order valence-corrected chi connectivity index (χ2v) is 8.93. The number of piperidine rings is 1. The summed E-state index contributed by atoms with van der Waals surface area (Å²) < 4.78 is 13.4. The van der Waals surface area contributed by atoms with E-state index in [-0.39, 0.29) is 29.0 Å². The average molecular weight is 456 g/mol. The number of anilines is 1. The number of aromatic carboxylic acids is 1. The standard InChI is InChI=1S/C23H27FN6O3/c1-13(2)19(25)18-17(30-9-7-23(8-10-30)12-26-22(33)29-23)11-16(21(31)32)28-20(18)27-15-5-3-14(24)4-6-15/h3-6,11,13,25H,7-10,12H2,1-2H3,(H,27,28)(H,31,32)(H2,26,29,33)/p+1. The summed E-state index contributed by atoms with van der Waals surface area (Å²) in [6.45, 7) is 5.57. The summed E-state index contributed by atoms with van der Waals surface area (Å²) in [7, 11) is 0. The molecule has 0 saturated carbocycles. The van der Waals surface area contributed by atoms with Gasteiger partial charge in [0.15, 0.2) is 5.69 Å². The summed E-state index contributed by atoms with van der Waals surface area (Å²) in [4.78, 5) is 30.0. The van der Waals surface area contributed by atoms with Crippen molar-refractivity contribution in [1.29, 1.82) is 5.41 Å². The van der Waals surface area contributed by atoms with E-state index in [4.69, 9.17) is 5.41 Å². The van der Waals surface area contributed by atoms with Crippen LogP contribution in [-0.4, -0.2) is 53.0 Å². The van der Waals surface area contributed by atoms with Crippen LogP contribution in [0.2, 0.25) is 0 Å². The molecule has 2 saturated heterocycles. The molecule has 1 spiro atoms. The highest BCUT2D eigenvalue weighted by Crippen LogP contribution is 2.33. The lowest BCUT2D eigenvalue weighted by molar-refractivity contribution is -0.483. The maximum Gasteiger partial charge on any atom is 0.354 e. The topological polar surface area (TPSA) is 135 Å². The van der Waals surface area contributed by atoms with E-state index in [0.29, 0.717) is 60.9 Å². The molecule has 6 N–H and O–H groups in total. The van der Waals surface area contributed by atoms with Gasteiger partial charge in [-0.15, -0.1) is 0 Å². The molecule has 0 atom stereocenters. The summed E-state index contributed by atoms with van der Waals surface area (Å²) in [5.74, 6) is -1.28. The number of hydrogen-bond acceptors (Lipinski definition) is 5. The first kappa shape index (κ1) is 22.7. The fourth-order valence-corrected chi connectivity index (χ4v) is 4.35. The van der Waals surface area contributed by atoms with Crippen LogP contribution in [0.5, 0.6) is 0 Å². The molecule has 10 heteroatoms. The summed E-state index contributed by atoms with van der Waals surface area (Å²) in [5, 5.41) is 26.0. The van der Waals surface area contributed by atoms with Gasteiger partial charge < -0.3 is 26.0 Å². The Hall–Kier alpha value is -3.53. The van der Waals surface area contributed by atoms with E-state index < -0.39 is 5.97 Å². The van der Waals surface area contributed by atoms with Crippen LogP contribution >= 0.6 is 0 Å². The monoisotopic (exact) mass is 455 g/mol. The SMILES string of the molecule is CC(C)C(=N)c1c(N2CCC3(CC2)CNC(=O)N3)cc(C(=O)O)nc1[NH2+]c1ccc(F)cc1. The van der Waals surface area contributed by atoms with Crippen molar-refractivity contribution in [3.05, 3.63) is 47.4 Å². The number of nitrogens with zero attached hydrogens (tertiary/aromatic N) is 2. The molecule has 0 aliphatic carbocycles. The van der Waals surface area contributed by atoms with Gasteiger partial charge in [0.2, 0.25) is 5.82 Å². The number of nitrogens with two attached hydrogens (primary N) is 1. The van der Waals surface area contributed by atoms with Crippen molar-refractivity contribution in [1.82, 2.24) is 15.6 Å². The van der Waals surface area contributed by atoms with Gasteiger partial charge in [-0.05, 0) is 37.0 Å². The molecule has 9 nitrogen and oxygen atoms in total. The molecule has 174 valence electrons. The van der Waals surface area contributed by atoms with E-state index in [2.05, 4.69) is 20.5 Å². The Balaban J connectivity index is 1.75. The van der Waals surface area contributed by atoms with Gasteiger partial charge in [-0.3, -0.25) is 5.32 Å². The van der Waals surface area contributed by atoms with E-state index >= 15 is 0 Å². The van der Waals surface area contributed by atoms with E-state index in [0.717, 1.165) is 0 Å². The van der Waals surface area contributed by atoms with Crippen LogP contribution in [-0.2, 0) is 0 Å². The number of quaternary nitrogens is 1. The number of halogens is 1. The van der Waals surface area contributed by atoms with E-state index in [1.54, 1.807) is 17.4 Å². The number of carbonyl (C=O) groups is 2. The van der Waals surface area contributed by atoms with Crippen LogP contribution in [0.4, 0.5) is 26.4 Å². The predicted octanol–water partition coefficient (Wildman–Crippen LogP) is 2.12. The second-order valence-electron chi connectivity index (χ2n) is 8.93. The van der Waals surface area contributed by atoms with Crippen molar-refractivity contribution in [2.45, 2.75) is 32.2 Å². The van der Waals surface area contributed by atoms with Crippen LogP contribution in [0.25, 0.3) is 0 Å². The normalized spacial score (nSPS) is 17.2. The Labute approximate surface area is 190 Å². The van der Waals surface area contributed by atoms with Gasteiger partial charge in [0.1, 0.15) is 17.1 Å². The number of nitrogens with one attached hydrogen (secondary N) is 3. The van der Waals surface area contributed by atoms with Crippen molar-refractivity contribution in [3.63, 3.8) is 0 Å². The molecule has 33 heavy (non-hydrogen) atoms. The first-order chi connectivity index (χ1) is 15.7. The molecule has 4 rings (SSSR count). The average Bonchev–Trinajstić information content (AvgIpc) is 3.14. The highest BCUT2D eigenvalue weighted by atomic mass is 19.1. The maximum atomic E-state index is 13.4. The molecule has 0 bridgehead atoms. The molecule has 1 aromatic carbocycles. The van der Waals surface area contributed by atoms with Crippen LogP contribution in [0, 0.1) is 17.1 Å². The third kappa shape index (κ3) is 4.65. The van der Waals surface area contributed by atoms with Crippen molar-refractivity contribution in [3.8, 4) is 0 Å². The number of carboxylic acids is 1. The lowest BCUT2D eigenvalue weighted by atomic mass is 9.87. The Morgan fingerprint density at radius 1 is 1.27 bits per heavy atom. The largest absolute Gasteiger partial charge is 0.477 e. The third-order valence-corrected chi connectivity index (χ3v) is 6.29. The van der Waals surface area contributed by atoms with Crippen LogP contribution in [0.15, 0.2) is 30.3 Å². The fourth-order valence-electron chi connectivity index (χ4n) is 4.35. The van der Waals surface area contributed by atoms with Crippen LogP contribution in [0.1, 0.15) is 42.7 Å². The Kier molecular flexibility index (Phi) is 6.03. The van der Waals surface area contributed by atoms with Crippen LogP contribution in [0.3, 0.4) is 0 Å². The van der Waals surface area contributed by atoms with Crippen LogP contribution < -0.4 is 20.9 Å². The molecule has 2 amide bonds. The fraction of sp³-hybridized carbons (Fsp3) is 0.391. The quantitative estimate of drug-likeness (QED) is 0.336. The molecule has 2 fully saturated rings. The first-order valence-electron chi connectivity index (χ1n) is 11.0. The van der Waals surface area contributed by atoms with Crippen molar-refractivity contribution < 1.29 is 24.4 Å². The van der Waals surface area contributed by atoms with Crippen molar-refractivity contribution in [2.24, 2.45) is 5.92 Å². The lowest BCUT2D eigenvalue weighted by Gasteiger charge is -2.40. The van der Waals surface area contributed by atoms with Gasteiger partial charge in [0.05, 0.1) is 16.9 Å². The number of amides is 2. The molecule has 0 unspecified atom stereocenters. The predicted molar refractivity (Wildman–Crippen MR) is 121 cm³/mol. The van der Waals surface area contributed by atoms with Gasteiger partial charge in [0.25, 0.3) is 0 Å². The van der Waals surface area contributed by atoms with Gasteiger partial charge in [-0.25, -0.2) is 14.0 Å². The highest BCUT2D eigenvalue weighted by Gasteiger charge is 2.41. The Morgan fingerprint density at radius 3 is 2.48 bits per heavy atom. The number of carboxylic acid groups (broad SMARTS) is 1. The molecule has 2 aliphatic heterocycles. The Morgan fingerprint density at radius 2 is 1.94 bits per heavy atom. The van der Waals surface area contributed by atoms with E-state index in [1.807, 2.05) is 13.8 Å². The zero-order valence-electron chi connectivity index (χ0n) is 18.6. The first-order valence-corrected chi connectivity index (χ1v) is 11.0. The van der Waals surface area contributed by atoms with Gasteiger partial charge in [-0.2, -0.15) is 4.98 Å². The molecular formula is C23H28FN6O3+. The van der Waals surface area contributed by atoms with Crippen molar-refractivity contribution >= 4 is 34.9 Å². The van der Waals surface area contributed by atoms with Gasteiger partial charge >= 0.3 is 12.0 Å². The highest BCUT2D eigenvalue weighted by molar-refractivity contribution is 6.08.